The molecule has 0 aliphatic heterocycles. The fraction of sp³-hybridized carbons (Fsp3) is 0.381. The molecule has 4 rings (SSSR count). The summed E-state index contributed by atoms with van der Waals surface area (Å²) in [5.41, 5.74) is 4.75. The number of rotatable bonds is 25. The topological polar surface area (TPSA) is 61.9 Å². The fourth-order valence-electron chi connectivity index (χ4n) is 6.33. The maximum absolute atomic E-state index is 6.50. The van der Waals surface area contributed by atoms with Crippen molar-refractivity contribution in [1.29, 1.82) is 0 Å². The molecule has 0 saturated heterocycles. The van der Waals surface area contributed by atoms with Crippen molar-refractivity contribution >= 4 is 73.6 Å². The highest BCUT2D eigenvalue weighted by Gasteiger charge is 2.41. The van der Waals surface area contributed by atoms with Gasteiger partial charge in [0, 0.05) is 80.9 Å². The summed E-state index contributed by atoms with van der Waals surface area (Å²) in [6.45, 7) is 2.69. The minimum Gasteiger partial charge on any atom is -0.377 e. The number of thiocarbonyl (C=S) groups is 2. The summed E-state index contributed by atoms with van der Waals surface area (Å²) in [7, 11) is 7.62. The van der Waals surface area contributed by atoms with E-state index in [9.17, 15) is 0 Å². The van der Waals surface area contributed by atoms with Crippen molar-refractivity contribution in [2.75, 3.05) is 42.7 Å². The van der Waals surface area contributed by atoms with Crippen molar-refractivity contribution in [3.05, 3.63) is 144 Å². The van der Waals surface area contributed by atoms with Crippen LogP contribution in [0.25, 0.3) is 0 Å². The molecule has 302 valence electrons. The van der Waals surface area contributed by atoms with E-state index in [4.69, 9.17) is 51.0 Å². The van der Waals surface area contributed by atoms with Crippen LogP contribution in [0.1, 0.15) is 35.1 Å². The molecule has 4 aromatic rings. The predicted octanol–water partition coefficient (Wildman–Crippen LogP) is 9.70. The van der Waals surface area contributed by atoms with Crippen molar-refractivity contribution in [2.45, 2.75) is 61.6 Å². The molecule has 0 heterocycles. The predicted molar refractivity (Wildman–Crippen MR) is 245 cm³/mol. The molecule has 0 fully saturated rings. The smallest absolute Gasteiger partial charge is 0.377 e. The summed E-state index contributed by atoms with van der Waals surface area (Å²) in [5.74, 6) is 0. The second-order valence-electron chi connectivity index (χ2n) is 13.2. The minimum absolute atomic E-state index is 0.106. The Morgan fingerprint density at radius 1 is 0.446 bits per heavy atom. The quantitative estimate of drug-likeness (QED) is 0.0362. The van der Waals surface area contributed by atoms with Crippen LogP contribution >= 0.6 is 46.0 Å². The van der Waals surface area contributed by atoms with Gasteiger partial charge in [-0.05, 0) is 35.1 Å². The van der Waals surface area contributed by atoms with Crippen LogP contribution in [0, 0.1) is 0 Å². The summed E-state index contributed by atoms with van der Waals surface area (Å²) in [5, 5.41) is -0.211. The van der Waals surface area contributed by atoms with Gasteiger partial charge in [0.2, 0.25) is 0 Å². The van der Waals surface area contributed by atoms with Crippen molar-refractivity contribution in [2.24, 2.45) is 0 Å². The van der Waals surface area contributed by atoms with Gasteiger partial charge in [0.15, 0.2) is 0 Å². The Balaban J connectivity index is 1.70. The molecule has 14 heteroatoms. The van der Waals surface area contributed by atoms with Gasteiger partial charge in [0.1, 0.15) is 0 Å². The second kappa shape index (κ2) is 24.5. The summed E-state index contributed by atoms with van der Waals surface area (Å²) < 4.78 is 35.4. The zero-order valence-corrected chi connectivity index (χ0v) is 38.6. The molecular weight excluding hydrogens is 813 g/mol. The Hall–Kier alpha value is -2.45. The van der Waals surface area contributed by atoms with Gasteiger partial charge in [-0.2, -0.15) is 0 Å². The third kappa shape index (κ3) is 14.1. The van der Waals surface area contributed by atoms with Gasteiger partial charge in [-0.25, -0.2) is 0 Å². The van der Waals surface area contributed by atoms with E-state index < -0.39 is 17.6 Å². The molecular formula is C42H56N2O6S4Si2. The average molecular weight is 869 g/mol. The summed E-state index contributed by atoms with van der Waals surface area (Å²) in [6, 6.07) is 43.1. The highest BCUT2D eigenvalue weighted by atomic mass is 33.1. The SMILES string of the molecule is CO[Si](CCC(SSC(CC[Si](OC)(OC)OC)C(=S)N(Cc1ccccc1)Cc1ccccc1)C(=S)N(Cc1ccccc1)Cc1ccccc1)(OC)OC. The molecule has 2 atom stereocenters. The molecule has 8 nitrogen and oxygen atoms in total. The second-order valence-corrected chi connectivity index (χ2v) is 22.9. The number of hydrogen-bond donors (Lipinski definition) is 0. The third-order valence-corrected chi connectivity index (χ3v) is 19.8. The fourth-order valence-corrected chi connectivity index (χ4v) is 14.5. The zero-order valence-electron chi connectivity index (χ0n) is 33.3. The van der Waals surface area contributed by atoms with Crippen LogP contribution in [-0.2, 0) is 52.7 Å². The lowest BCUT2D eigenvalue weighted by atomic mass is 10.1. The lowest BCUT2D eigenvalue weighted by Gasteiger charge is -2.34. The Morgan fingerprint density at radius 3 is 0.893 bits per heavy atom. The molecule has 0 spiro atoms. The van der Waals surface area contributed by atoms with E-state index in [1.54, 1.807) is 64.2 Å². The van der Waals surface area contributed by atoms with Crippen LogP contribution < -0.4 is 0 Å². The first-order valence-electron chi connectivity index (χ1n) is 18.6. The first-order chi connectivity index (χ1) is 27.2. The van der Waals surface area contributed by atoms with Crippen LogP contribution in [-0.4, -0.2) is 90.5 Å². The van der Waals surface area contributed by atoms with Crippen LogP contribution in [0.3, 0.4) is 0 Å². The number of hydrogen-bond acceptors (Lipinski definition) is 10. The van der Waals surface area contributed by atoms with E-state index >= 15 is 0 Å². The Kier molecular flexibility index (Phi) is 20.2. The van der Waals surface area contributed by atoms with E-state index in [1.165, 1.54) is 22.3 Å². The summed E-state index contributed by atoms with van der Waals surface area (Å²) in [4.78, 5) is 6.34. The molecule has 0 bridgehead atoms. The first-order valence-corrected chi connectivity index (χ1v) is 25.5. The molecule has 0 radical (unpaired) electrons. The summed E-state index contributed by atoms with van der Waals surface area (Å²) >= 11 is 13.0. The van der Waals surface area contributed by atoms with Gasteiger partial charge in [-0.1, -0.05) is 167 Å². The normalized spacial score (nSPS) is 12.9. The number of benzene rings is 4. The molecule has 0 aliphatic rings. The van der Waals surface area contributed by atoms with Crippen LogP contribution in [0.4, 0.5) is 0 Å². The van der Waals surface area contributed by atoms with E-state index in [2.05, 4.69) is 107 Å². The van der Waals surface area contributed by atoms with Crippen molar-refractivity contribution in [3.63, 3.8) is 0 Å². The Bertz CT molecular complexity index is 1490. The molecule has 0 N–H and O–H groups in total. The van der Waals surface area contributed by atoms with Gasteiger partial charge < -0.3 is 36.4 Å². The molecule has 0 aromatic heterocycles. The van der Waals surface area contributed by atoms with E-state index in [-0.39, 0.29) is 10.5 Å². The number of nitrogens with zero attached hydrogens (tertiary/aromatic N) is 2. The van der Waals surface area contributed by atoms with Gasteiger partial charge in [-0.3, -0.25) is 0 Å². The highest BCUT2D eigenvalue weighted by Crippen LogP contribution is 2.40. The van der Waals surface area contributed by atoms with Crippen molar-refractivity contribution in [3.8, 4) is 0 Å². The average Bonchev–Trinajstić information content (AvgIpc) is 3.25. The largest absolute Gasteiger partial charge is 0.500 e. The molecule has 0 saturated carbocycles. The van der Waals surface area contributed by atoms with Gasteiger partial charge in [0.05, 0.1) is 20.5 Å². The monoisotopic (exact) mass is 868 g/mol. The van der Waals surface area contributed by atoms with Crippen LogP contribution in [0.15, 0.2) is 121 Å². The van der Waals surface area contributed by atoms with E-state index in [0.717, 1.165) is 9.98 Å². The Labute approximate surface area is 355 Å². The lowest BCUT2D eigenvalue weighted by molar-refractivity contribution is 0.122. The van der Waals surface area contributed by atoms with Gasteiger partial charge in [-0.15, -0.1) is 0 Å². The Morgan fingerprint density at radius 2 is 0.679 bits per heavy atom. The molecule has 56 heavy (non-hydrogen) atoms. The van der Waals surface area contributed by atoms with E-state index in [1.807, 2.05) is 24.3 Å². The van der Waals surface area contributed by atoms with Crippen molar-refractivity contribution < 1.29 is 26.6 Å². The molecule has 4 aromatic carbocycles. The zero-order chi connectivity index (χ0) is 40.2. The maximum atomic E-state index is 6.50. The van der Waals surface area contributed by atoms with Crippen LogP contribution in [0.2, 0.25) is 12.1 Å². The molecule has 0 amide bonds. The summed E-state index contributed by atoms with van der Waals surface area (Å²) in [6.07, 6.45) is 1.37. The van der Waals surface area contributed by atoms with Crippen molar-refractivity contribution in [1.82, 2.24) is 9.80 Å². The highest BCUT2D eigenvalue weighted by molar-refractivity contribution is 8.77. The standard InChI is InChI=1S/C42H56N2O6S4Si2/c1-45-55(46-2,47-3)29-27-39(41(51)43(31-35-19-11-7-12-20-35)32-36-21-13-8-14-22-36)53-54-40(28-30-56(48-4,49-5)50-6)42(52)44(33-37-23-15-9-16-24-37)34-38-25-17-10-18-26-38/h7-26,39-40H,27-34H2,1-6H3. The van der Waals surface area contributed by atoms with Gasteiger partial charge >= 0.3 is 17.6 Å². The maximum Gasteiger partial charge on any atom is 0.500 e. The first kappa shape index (κ1) is 46.2. The lowest BCUT2D eigenvalue weighted by Crippen LogP contribution is -2.45. The van der Waals surface area contributed by atoms with Crippen LogP contribution in [0.5, 0.6) is 0 Å². The van der Waals surface area contributed by atoms with Gasteiger partial charge in [0.25, 0.3) is 0 Å². The molecule has 2 unspecified atom stereocenters. The molecule has 0 aliphatic carbocycles. The third-order valence-electron chi connectivity index (χ3n) is 9.62. The minimum atomic E-state index is -2.93. The van der Waals surface area contributed by atoms with E-state index in [0.29, 0.717) is 51.1 Å².